The third-order valence-electron chi connectivity index (χ3n) is 2.54. The number of carbonyl (C=O) groups is 1. The Morgan fingerprint density at radius 3 is 2.22 bits per heavy atom. The average Bonchev–Trinajstić information content (AvgIpc) is 2.32. The van der Waals surface area contributed by atoms with Crippen molar-refractivity contribution in [3.63, 3.8) is 0 Å². The maximum absolute atomic E-state index is 11.1. The number of nitrogen functional groups attached to an aromatic ring is 2. The molecule has 2 rings (SSSR count). The van der Waals surface area contributed by atoms with Crippen LogP contribution >= 0.6 is 0 Å². The molecule has 4 heteroatoms. The normalized spacial score (nSPS) is 10.1. The van der Waals surface area contributed by atoms with Gasteiger partial charge < -0.3 is 16.2 Å². The van der Waals surface area contributed by atoms with Crippen LogP contribution in [0.3, 0.4) is 0 Å². The molecule has 0 saturated carbocycles. The molecule has 4 N–H and O–H groups in total. The molecule has 0 heterocycles. The molecule has 0 atom stereocenters. The highest BCUT2D eigenvalue weighted by molar-refractivity contribution is 5.86. The van der Waals surface area contributed by atoms with E-state index in [9.17, 15) is 4.79 Å². The third kappa shape index (κ3) is 2.27. The van der Waals surface area contributed by atoms with Crippen molar-refractivity contribution >= 4 is 17.3 Å². The lowest BCUT2D eigenvalue weighted by atomic mass is 10.0. The van der Waals surface area contributed by atoms with E-state index >= 15 is 0 Å². The van der Waals surface area contributed by atoms with Gasteiger partial charge in [-0.2, -0.15) is 0 Å². The van der Waals surface area contributed by atoms with Gasteiger partial charge >= 0.3 is 5.97 Å². The van der Waals surface area contributed by atoms with Gasteiger partial charge in [0.15, 0.2) is 5.75 Å². The minimum absolute atomic E-state index is 0.350. The van der Waals surface area contributed by atoms with Gasteiger partial charge in [-0.3, -0.25) is 4.79 Å². The average molecular weight is 242 g/mol. The molecule has 0 fully saturated rings. The van der Waals surface area contributed by atoms with E-state index in [1.807, 2.05) is 24.3 Å². The zero-order valence-corrected chi connectivity index (χ0v) is 10.0. The fourth-order valence-electron chi connectivity index (χ4n) is 1.77. The summed E-state index contributed by atoms with van der Waals surface area (Å²) in [5.74, 6) is -0.0634. The maximum Gasteiger partial charge on any atom is 0.308 e. The number of hydrogen-bond acceptors (Lipinski definition) is 4. The van der Waals surface area contributed by atoms with Crippen LogP contribution in [0.15, 0.2) is 42.5 Å². The third-order valence-corrected chi connectivity index (χ3v) is 2.54. The van der Waals surface area contributed by atoms with E-state index in [0.717, 1.165) is 5.56 Å². The summed E-state index contributed by atoms with van der Waals surface area (Å²) in [6.07, 6.45) is 0. The topological polar surface area (TPSA) is 78.3 Å². The molecule has 0 unspecified atom stereocenters. The van der Waals surface area contributed by atoms with Gasteiger partial charge in [0.2, 0.25) is 0 Å². The van der Waals surface area contributed by atoms with E-state index in [0.29, 0.717) is 22.7 Å². The van der Waals surface area contributed by atoms with Crippen molar-refractivity contribution in [1.29, 1.82) is 0 Å². The molecule has 0 aliphatic rings. The van der Waals surface area contributed by atoms with E-state index in [4.69, 9.17) is 16.2 Å². The van der Waals surface area contributed by atoms with Gasteiger partial charge in [0.05, 0.1) is 5.69 Å². The molecule has 4 nitrogen and oxygen atoms in total. The summed E-state index contributed by atoms with van der Waals surface area (Å²) in [5.41, 5.74) is 14.3. The second-order valence-electron chi connectivity index (χ2n) is 3.90. The van der Waals surface area contributed by atoms with Crippen molar-refractivity contribution in [3.05, 3.63) is 42.5 Å². The van der Waals surface area contributed by atoms with Crippen LogP contribution in [-0.2, 0) is 4.79 Å². The van der Waals surface area contributed by atoms with Gasteiger partial charge in [-0.05, 0) is 12.1 Å². The summed E-state index contributed by atoms with van der Waals surface area (Å²) in [6.45, 7) is 1.34. The summed E-state index contributed by atoms with van der Waals surface area (Å²) in [4.78, 5) is 11.1. The molecule has 0 bridgehead atoms. The first-order valence-corrected chi connectivity index (χ1v) is 5.51. The highest BCUT2D eigenvalue weighted by Crippen LogP contribution is 2.37. The largest absolute Gasteiger partial charge is 0.424 e. The molecule has 0 radical (unpaired) electrons. The predicted octanol–water partition coefficient (Wildman–Crippen LogP) is 2.44. The summed E-state index contributed by atoms with van der Waals surface area (Å²) in [6, 6.07) is 12.7. The number of ether oxygens (including phenoxy) is 1. The Labute approximate surface area is 105 Å². The monoisotopic (exact) mass is 242 g/mol. The first-order valence-electron chi connectivity index (χ1n) is 5.51. The number of esters is 1. The first kappa shape index (κ1) is 12.0. The fraction of sp³-hybridized carbons (Fsp3) is 0.0714. The Morgan fingerprint density at radius 2 is 1.56 bits per heavy atom. The smallest absolute Gasteiger partial charge is 0.308 e. The van der Waals surface area contributed by atoms with Crippen LogP contribution in [0.4, 0.5) is 11.4 Å². The second kappa shape index (κ2) is 4.79. The molecule has 0 aliphatic carbocycles. The standard InChI is InChI=1S/C14H14N2O2/c1-9(17)18-14-11(6-4-8-13(14)16)10-5-2-3-7-12(10)15/h2-8H,15-16H2,1H3. The maximum atomic E-state index is 11.1. The number of nitrogens with two attached hydrogens (primary N) is 2. The van der Waals surface area contributed by atoms with Crippen LogP contribution in [0.1, 0.15) is 6.92 Å². The number of carbonyl (C=O) groups excluding carboxylic acids is 1. The van der Waals surface area contributed by atoms with Crippen LogP contribution in [0.2, 0.25) is 0 Å². The lowest BCUT2D eigenvalue weighted by molar-refractivity contribution is -0.131. The predicted molar refractivity (Wildman–Crippen MR) is 72.0 cm³/mol. The molecule has 2 aromatic carbocycles. The van der Waals surface area contributed by atoms with Gasteiger partial charge in [0.1, 0.15) is 0 Å². The molecular weight excluding hydrogens is 228 g/mol. The van der Waals surface area contributed by atoms with Crippen molar-refractivity contribution in [2.24, 2.45) is 0 Å². The van der Waals surface area contributed by atoms with Gasteiger partial charge in [-0.1, -0.05) is 30.3 Å². The molecular formula is C14H14N2O2. The van der Waals surface area contributed by atoms with Gasteiger partial charge in [-0.25, -0.2) is 0 Å². The van der Waals surface area contributed by atoms with Crippen LogP contribution in [-0.4, -0.2) is 5.97 Å². The SMILES string of the molecule is CC(=O)Oc1c(N)cccc1-c1ccccc1N. The van der Waals surface area contributed by atoms with E-state index in [2.05, 4.69) is 0 Å². The Morgan fingerprint density at radius 1 is 0.944 bits per heavy atom. The van der Waals surface area contributed by atoms with Crippen molar-refractivity contribution in [2.75, 3.05) is 11.5 Å². The zero-order valence-electron chi connectivity index (χ0n) is 10.0. The van der Waals surface area contributed by atoms with Gasteiger partial charge in [0, 0.05) is 23.7 Å². The van der Waals surface area contributed by atoms with Crippen LogP contribution in [0.5, 0.6) is 5.75 Å². The molecule has 0 aliphatic heterocycles. The Kier molecular flexibility index (Phi) is 3.19. The van der Waals surface area contributed by atoms with E-state index in [1.54, 1.807) is 18.2 Å². The number of para-hydroxylation sites is 2. The fourth-order valence-corrected chi connectivity index (χ4v) is 1.77. The number of hydrogen-bond donors (Lipinski definition) is 2. The first-order chi connectivity index (χ1) is 8.59. The quantitative estimate of drug-likeness (QED) is 0.481. The summed E-state index contributed by atoms with van der Waals surface area (Å²) < 4.78 is 5.17. The number of rotatable bonds is 2. The van der Waals surface area contributed by atoms with E-state index < -0.39 is 5.97 Å². The zero-order chi connectivity index (χ0) is 13.1. The minimum Gasteiger partial charge on any atom is -0.424 e. The highest BCUT2D eigenvalue weighted by Gasteiger charge is 2.13. The lowest BCUT2D eigenvalue weighted by Gasteiger charge is -2.13. The summed E-state index contributed by atoms with van der Waals surface area (Å²) >= 11 is 0. The summed E-state index contributed by atoms with van der Waals surface area (Å²) in [7, 11) is 0. The van der Waals surface area contributed by atoms with E-state index in [1.165, 1.54) is 6.92 Å². The molecule has 0 aromatic heterocycles. The van der Waals surface area contributed by atoms with E-state index in [-0.39, 0.29) is 0 Å². The van der Waals surface area contributed by atoms with Crippen molar-refractivity contribution in [1.82, 2.24) is 0 Å². The molecule has 0 saturated heterocycles. The number of benzene rings is 2. The molecule has 0 spiro atoms. The lowest BCUT2D eigenvalue weighted by Crippen LogP contribution is -2.05. The summed E-state index contributed by atoms with van der Waals surface area (Å²) in [5, 5.41) is 0. The molecule has 18 heavy (non-hydrogen) atoms. The number of anilines is 2. The van der Waals surface area contributed by atoms with Crippen LogP contribution < -0.4 is 16.2 Å². The Bertz CT molecular complexity index is 594. The minimum atomic E-state index is -0.413. The second-order valence-corrected chi connectivity index (χ2v) is 3.90. The van der Waals surface area contributed by atoms with Crippen molar-refractivity contribution in [3.8, 4) is 16.9 Å². The molecule has 0 amide bonds. The van der Waals surface area contributed by atoms with Crippen LogP contribution in [0, 0.1) is 0 Å². The van der Waals surface area contributed by atoms with Crippen molar-refractivity contribution in [2.45, 2.75) is 6.92 Å². The Balaban J connectivity index is 2.61. The highest BCUT2D eigenvalue weighted by atomic mass is 16.5. The van der Waals surface area contributed by atoms with Gasteiger partial charge in [0.25, 0.3) is 0 Å². The van der Waals surface area contributed by atoms with Crippen LogP contribution in [0.25, 0.3) is 11.1 Å². The molecule has 2 aromatic rings. The molecule has 92 valence electrons. The van der Waals surface area contributed by atoms with Crippen molar-refractivity contribution < 1.29 is 9.53 Å². The Hall–Kier alpha value is -2.49. The van der Waals surface area contributed by atoms with Gasteiger partial charge in [-0.15, -0.1) is 0 Å².